The fraction of sp³-hybridized carbons (Fsp3) is 0.375. The van der Waals surface area contributed by atoms with Gasteiger partial charge in [0.05, 0.1) is 23.3 Å². The zero-order chi connectivity index (χ0) is 15.1. The van der Waals surface area contributed by atoms with Crippen LogP contribution in [0.2, 0.25) is 0 Å². The van der Waals surface area contributed by atoms with Crippen LogP contribution in [0.4, 0.5) is 0 Å². The van der Waals surface area contributed by atoms with Crippen molar-refractivity contribution >= 4 is 15.9 Å². The van der Waals surface area contributed by atoms with E-state index in [4.69, 9.17) is 4.74 Å². The number of halogens is 1. The van der Waals surface area contributed by atoms with E-state index in [1.807, 2.05) is 12.1 Å². The summed E-state index contributed by atoms with van der Waals surface area (Å²) in [6, 6.07) is 8.32. The van der Waals surface area contributed by atoms with Crippen molar-refractivity contribution in [3.8, 4) is 5.75 Å². The van der Waals surface area contributed by atoms with Crippen LogP contribution < -0.4 is 10.1 Å². The lowest BCUT2D eigenvalue weighted by Gasteiger charge is -2.18. The Kier molecular flexibility index (Phi) is 6.14. The third-order valence-electron chi connectivity index (χ3n) is 3.26. The lowest BCUT2D eigenvalue weighted by molar-refractivity contribution is 0.412. The predicted molar refractivity (Wildman–Crippen MR) is 87.5 cm³/mol. The number of nitrogens with zero attached hydrogens (tertiary/aromatic N) is 2. The maximum atomic E-state index is 5.27. The zero-order valence-electron chi connectivity index (χ0n) is 12.3. The van der Waals surface area contributed by atoms with E-state index in [1.165, 1.54) is 5.56 Å². The second-order valence-electron chi connectivity index (χ2n) is 4.81. The summed E-state index contributed by atoms with van der Waals surface area (Å²) < 4.78 is 6.24. The molecular weight excluding hydrogens is 330 g/mol. The van der Waals surface area contributed by atoms with Gasteiger partial charge in [-0.05, 0) is 59.1 Å². The number of hydrogen-bond donors (Lipinski definition) is 1. The van der Waals surface area contributed by atoms with Gasteiger partial charge in [-0.2, -0.15) is 0 Å². The van der Waals surface area contributed by atoms with Gasteiger partial charge in [0.2, 0.25) is 0 Å². The molecule has 21 heavy (non-hydrogen) atoms. The molecule has 2 rings (SSSR count). The Morgan fingerprint density at radius 3 is 2.81 bits per heavy atom. The maximum absolute atomic E-state index is 5.27. The molecule has 1 unspecified atom stereocenters. The molecule has 2 aromatic rings. The molecule has 4 nitrogen and oxygen atoms in total. The average Bonchev–Trinajstić information content (AvgIpc) is 2.52. The molecule has 0 spiro atoms. The van der Waals surface area contributed by atoms with Gasteiger partial charge in [0.15, 0.2) is 0 Å². The fourth-order valence-electron chi connectivity index (χ4n) is 2.18. The summed E-state index contributed by atoms with van der Waals surface area (Å²) in [6.45, 7) is 3.13. The lowest BCUT2D eigenvalue weighted by Crippen LogP contribution is -2.25. The Hall–Kier alpha value is -1.46. The highest BCUT2D eigenvalue weighted by Crippen LogP contribution is 2.27. The van der Waals surface area contributed by atoms with Gasteiger partial charge in [0.1, 0.15) is 12.1 Å². The molecule has 1 N–H and O–H groups in total. The smallest absolute Gasteiger partial charge is 0.133 e. The summed E-state index contributed by atoms with van der Waals surface area (Å²) in [5, 5.41) is 3.55. The van der Waals surface area contributed by atoms with E-state index in [2.05, 4.69) is 50.3 Å². The Balaban J connectivity index is 2.16. The van der Waals surface area contributed by atoms with Crippen LogP contribution in [0.25, 0.3) is 0 Å². The van der Waals surface area contributed by atoms with E-state index in [9.17, 15) is 0 Å². The molecule has 0 fully saturated rings. The van der Waals surface area contributed by atoms with Crippen molar-refractivity contribution in [3.63, 3.8) is 0 Å². The first kappa shape index (κ1) is 15.9. The minimum absolute atomic E-state index is 0.188. The molecule has 0 radical (unpaired) electrons. The summed E-state index contributed by atoms with van der Waals surface area (Å²) in [5.41, 5.74) is 2.25. The largest absolute Gasteiger partial charge is 0.496 e. The number of benzene rings is 1. The van der Waals surface area contributed by atoms with Gasteiger partial charge >= 0.3 is 0 Å². The molecule has 0 amide bonds. The van der Waals surface area contributed by atoms with Gasteiger partial charge in [-0.25, -0.2) is 9.97 Å². The number of nitrogens with one attached hydrogen (secondary N) is 1. The second-order valence-corrected chi connectivity index (χ2v) is 5.67. The number of rotatable bonds is 7. The van der Waals surface area contributed by atoms with Gasteiger partial charge in [0, 0.05) is 6.20 Å². The van der Waals surface area contributed by atoms with Crippen LogP contribution in [0.3, 0.4) is 0 Å². The van der Waals surface area contributed by atoms with Gasteiger partial charge in [-0.3, -0.25) is 0 Å². The third kappa shape index (κ3) is 4.51. The van der Waals surface area contributed by atoms with Gasteiger partial charge in [-0.15, -0.1) is 0 Å². The summed E-state index contributed by atoms with van der Waals surface area (Å²) in [4.78, 5) is 8.36. The fourth-order valence-corrected chi connectivity index (χ4v) is 2.77. The maximum Gasteiger partial charge on any atom is 0.133 e. The normalized spacial score (nSPS) is 12.1. The minimum atomic E-state index is 0.188. The van der Waals surface area contributed by atoms with Crippen molar-refractivity contribution in [1.82, 2.24) is 15.3 Å². The van der Waals surface area contributed by atoms with E-state index >= 15 is 0 Å². The van der Waals surface area contributed by atoms with Crippen LogP contribution in [0.5, 0.6) is 5.75 Å². The van der Waals surface area contributed by atoms with Gasteiger partial charge in [-0.1, -0.05) is 13.0 Å². The molecule has 0 bridgehead atoms. The highest BCUT2D eigenvalue weighted by Gasteiger charge is 2.13. The van der Waals surface area contributed by atoms with Crippen LogP contribution in [0.1, 0.15) is 30.6 Å². The van der Waals surface area contributed by atoms with Crippen molar-refractivity contribution < 1.29 is 4.74 Å². The summed E-state index contributed by atoms with van der Waals surface area (Å²) in [7, 11) is 1.67. The van der Waals surface area contributed by atoms with E-state index in [-0.39, 0.29) is 6.04 Å². The van der Waals surface area contributed by atoms with Crippen LogP contribution in [-0.4, -0.2) is 23.6 Å². The average molecular weight is 350 g/mol. The molecule has 0 aliphatic heterocycles. The van der Waals surface area contributed by atoms with Gasteiger partial charge in [0.25, 0.3) is 0 Å². The summed E-state index contributed by atoms with van der Waals surface area (Å²) in [5.74, 6) is 0.846. The van der Waals surface area contributed by atoms with Crippen LogP contribution in [0, 0.1) is 0 Å². The molecule has 0 saturated heterocycles. The van der Waals surface area contributed by atoms with Crippen molar-refractivity contribution in [2.24, 2.45) is 0 Å². The molecule has 0 aliphatic rings. The summed E-state index contributed by atoms with van der Waals surface area (Å²) >= 11 is 3.54. The molecule has 1 aromatic carbocycles. The minimum Gasteiger partial charge on any atom is -0.496 e. The molecular formula is C16H20BrN3O. The second kappa shape index (κ2) is 8.10. The SMILES string of the molecule is CCCNC(Cc1ccc(OC)c(Br)c1)c1ccncn1. The monoisotopic (exact) mass is 349 g/mol. The molecule has 0 aliphatic carbocycles. The first-order chi connectivity index (χ1) is 10.2. The molecule has 1 atom stereocenters. The zero-order valence-corrected chi connectivity index (χ0v) is 13.9. The third-order valence-corrected chi connectivity index (χ3v) is 3.88. The van der Waals surface area contributed by atoms with Gasteiger partial charge < -0.3 is 10.1 Å². The van der Waals surface area contributed by atoms with E-state index in [0.717, 1.165) is 35.3 Å². The Bertz CT molecular complexity index is 563. The molecule has 5 heteroatoms. The van der Waals surface area contributed by atoms with Crippen LogP contribution in [-0.2, 0) is 6.42 Å². The number of hydrogen-bond acceptors (Lipinski definition) is 4. The van der Waals surface area contributed by atoms with Crippen molar-refractivity contribution in [2.75, 3.05) is 13.7 Å². The lowest BCUT2D eigenvalue weighted by atomic mass is 10.0. The van der Waals surface area contributed by atoms with Crippen LogP contribution >= 0.6 is 15.9 Å². The standard InChI is InChI=1S/C16H20BrN3O/c1-3-7-19-15(14-6-8-18-11-20-14)10-12-4-5-16(21-2)13(17)9-12/h4-6,8-9,11,15,19H,3,7,10H2,1-2H3. The first-order valence-corrected chi connectivity index (χ1v) is 7.85. The molecule has 0 saturated carbocycles. The molecule has 112 valence electrons. The Morgan fingerprint density at radius 1 is 1.33 bits per heavy atom. The van der Waals surface area contributed by atoms with E-state index < -0.39 is 0 Å². The Labute approximate surface area is 134 Å². The number of aromatic nitrogens is 2. The summed E-state index contributed by atoms with van der Waals surface area (Å²) in [6.07, 6.45) is 5.35. The van der Waals surface area contributed by atoms with Crippen LogP contribution in [0.15, 0.2) is 41.3 Å². The number of methoxy groups -OCH3 is 1. The number of ether oxygens (including phenoxy) is 1. The van der Waals surface area contributed by atoms with E-state index in [0.29, 0.717) is 0 Å². The van der Waals surface area contributed by atoms with Crippen molar-refractivity contribution in [2.45, 2.75) is 25.8 Å². The predicted octanol–water partition coefficient (Wildman–Crippen LogP) is 3.53. The first-order valence-electron chi connectivity index (χ1n) is 7.06. The Morgan fingerprint density at radius 2 is 2.19 bits per heavy atom. The quantitative estimate of drug-likeness (QED) is 0.830. The highest BCUT2D eigenvalue weighted by atomic mass is 79.9. The molecule has 1 aromatic heterocycles. The molecule has 1 heterocycles. The van der Waals surface area contributed by atoms with E-state index in [1.54, 1.807) is 19.6 Å². The highest BCUT2D eigenvalue weighted by molar-refractivity contribution is 9.10. The van der Waals surface area contributed by atoms with Crippen molar-refractivity contribution in [1.29, 1.82) is 0 Å². The topological polar surface area (TPSA) is 47.0 Å². The van der Waals surface area contributed by atoms with Crippen molar-refractivity contribution in [3.05, 3.63) is 52.5 Å².